The standard InChI is InChI=1S/C26H19Cl2F2NO5/c1-3-36-16-6-4-5-13(9-16)22-21(23(32)14-10-17(27)25(35-2)18(28)11-14)24(33)26(34)31(22)15-7-8-19(29)20(30)12-15/h4-12,22,32H,3H2,1-2H3/b23-21+. The lowest BCUT2D eigenvalue weighted by molar-refractivity contribution is -0.132. The summed E-state index contributed by atoms with van der Waals surface area (Å²) >= 11 is 12.4. The molecule has 1 unspecified atom stereocenters. The van der Waals surface area contributed by atoms with Gasteiger partial charge in [-0.3, -0.25) is 14.5 Å². The molecule has 1 fully saturated rings. The number of halogens is 4. The summed E-state index contributed by atoms with van der Waals surface area (Å²) in [6, 6.07) is 10.8. The quantitative estimate of drug-likeness (QED) is 0.228. The Morgan fingerprint density at radius 2 is 1.72 bits per heavy atom. The first-order valence-electron chi connectivity index (χ1n) is 10.7. The maximum Gasteiger partial charge on any atom is 0.300 e. The van der Waals surface area contributed by atoms with Gasteiger partial charge in [-0.05, 0) is 48.9 Å². The van der Waals surface area contributed by atoms with Crippen LogP contribution in [0.1, 0.15) is 24.1 Å². The number of nitrogens with zero attached hydrogens (tertiary/aromatic N) is 1. The Hall–Kier alpha value is -3.62. The number of ketones is 1. The van der Waals surface area contributed by atoms with Crippen LogP contribution in [0.4, 0.5) is 14.5 Å². The molecular weight excluding hydrogens is 515 g/mol. The number of hydrogen-bond acceptors (Lipinski definition) is 5. The molecule has 0 bridgehead atoms. The first-order valence-corrected chi connectivity index (χ1v) is 11.5. The molecule has 10 heteroatoms. The third-order valence-corrected chi connectivity index (χ3v) is 6.15. The van der Waals surface area contributed by atoms with Crippen LogP contribution < -0.4 is 14.4 Å². The van der Waals surface area contributed by atoms with Crippen molar-refractivity contribution in [2.45, 2.75) is 13.0 Å². The molecule has 186 valence electrons. The number of rotatable bonds is 6. The smallest absolute Gasteiger partial charge is 0.300 e. The molecule has 1 atom stereocenters. The van der Waals surface area contributed by atoms with Crippen molar-refractivity contribution < 1.29 is 33.0 Å². The maximum atomic E-state index is 14.1. The molecule has 0 aliphatic carbocycles. The van der Waals surface area contributed by atoms with Gasteiger partial charge >= 0.3 is 0 Å². The van der Waals surface area contributed by atoms with Gasteiger partial charge in [0.1, 0.15) is 11.5 Å². The highest BCUT2D eigenvalue weighted by molar-refractivity contribution is 6.51. The van der Waals surface area contributed by atoms with Gasteiger partial charge in [-0.15, -0.1) is 0 Å². The minimum Gasteiger partial charge on any atom is -0.507 e. The fourth-order valence-corrected chi connectivity index (χ4v) is 4.68. The van der Waals surface area contributed by atoms with Crippen LogP contribution >= 0.6 is 23.2 Å². The summed E-state index contributed by atoms with van der Waals surface area (Å²) in [6.07, 6.45) is 0. The first kappa shape index (κ1) is 25.5. The molecule has 0 spiro atoms. The van der Waals surface area contributed by atoms with E-state index in [4.69, 9.17) is 32.7 Å². The van der Waals surface area contributed by atoms with Gasteiger partial charge < -0.3 is 14.6 Å². The van der Waals surface area contributed by atoms with E-state index in [0.717, 1.165) is 17.0 Å². The number of Topliss-reactive ketones (excluding diaryl/α,β-unsaturated/α-hetero) is 1. The number of carbonyl (C=O) groups is 2. The number of ether oxygens (including phenoxy) is 2. The SMILES string of the molecule is CCOc1cccc(C2/C(=C(\O)c3cc(Cl)c(OC)c(Cl)c3)C(=O)C(=O)N2c2ccc(F)c(F)c2)c1. The van der Waals surface area contributed by atoms with Crippen LogP contribution in [-0.2, 0) is 9.59 Å². The van der Waals surface area contributed by atoms with E-state index in [2.05, 4.69) is 0 Å². The van der Waals surface area contributed by atoms with E-state index in [9.17, 15) is 23.5 Å². The second-order valence-corrected chi connectivity index (χ2v) is 8.56. The predicted octanol–water partition coefficient (Wildman–Crippen LogP) is 6.31. The predicted molar refractivity (Wildman–Crippen MR) is 132 cm³/mol. The normalized spacial score (nSPS) is 16.9. The van der Waals surface area contributed by atoms with Crippen LogP contribution in [0.15, 0.2) is 60.2 Å². The van der Waals surface area contributed by atoms with Crippen molar-refractivity contribution in [3.05, 3.63) is 93.0 Å². The third-order valence-electron chi connectivity index (χ3n) is 5.59. The molecule has 36 heavy (non-hydrogen) atoms. The van der Waals surface area contributed by atoms with Gasteiger partial charge in [-0.1, -0.05) is 35.3 Å². The molecule has 1 N–H and O–H groups in total. The average Bonchev–Trinajstić information content (AvgIpc) is 3.11. The summed E-state index contributed by atoms with van der Waals surface area (Å²) in [6.45, 7) is 2.15. The van der Waals surface area contributed by atoms with E-state index in [1.807, 2.05) is 0 Å². The number of amides is 1. The van der Waals surface area contributed by atoms with E-state index >= 15 is 0 Å². The maximum absolute atomic E-state index is 14.1. The number of aliphatic hydroxyl groups is 1. The monoisotopic (exact) mass is 533 g/mol. The minimum atomic E-state index is -1.20. The van der Waals surface area contributed by atoms with E-state index in [0.29, 0.717) is 17.9 Å². The van der Waals surface area contributed by atoms with Crippen LogP contribution in [0, 0.1) is 11.6 Å². The van der Waals surface area contributed by atoms with E-state index < -0.39 is 35.1 Å². The highest BCUT2D eigenvalue weighted by Gasteiger charge is 2.47. The molecule has 6 nitrogen and oxygen atoms in total. The van der Waals surface area contributed by atoms with E-state index in [-0.39, 0.29) is 32.6 Å². The number of aliphatic hydroxyl groups excluding tert-OH is 1. The summed E-state index contributed by atoms with van der Waals surface area (Å²) in [5.41, 5.74) is 0.0699. The first-order chi connectivity index (χ1) is 17.2. The Balaban J connectivity index is 1.97. The second-order valence-electron chi connectivity index (χ2n) is 7.75. The van der Waals surface area contributed by atoms with Crippen molar-refractivity contribution in [3.63, 3.8) is 0 Å². The summed E-state index contributed by atoms with van der Waals surface area (Å²) in [4.78, 5) is 27.4. The highest BCUT2D eigenvalue weighted by Crippen LogP contribution is 2.44. The van der Waals surface area contributed by atoms with Gasteiger partial charge in [0.2, 0.25) is 0 Å². The zero-order valence-corrected chi connectivity index (χ0v) is 20.5. The Labute approximate surface area is 215 Å². The van der Waals surface area contributed by atoms with Gasteiger partial charge in [0, 0.05) is 17.3 Å². The molecule has 0 radical (unpaired) electrons. The van der Waals surface area contributed by atoms with Crippen LogP contribution in [0.3, 0.4) is 0 Å². The fourth-order valence-electron chi connectivity index (χ4n) is 4.04. The molecule has 1 aliphatic heterocycles. The largest absolute Gasteiger partial charge is 0.507 e. The third kappa shape index (κ3) is 4.50. The molecule has 3 aromatic rings. The van der Waals surface area contributed by atoms with Crippen molar-refractivity contribution >= 4 is 46.3 Å². The molecule has 1 saturated heterocycles. The van der Waals surface area contributed by atoms with Crippen LogP contribution in [0.25, 0.3) is 5.76 Å². The van der Waals surface area contributed by atoms with Crippen LogP contribution in [0.2, 0.25) is 10.0 Å². The average molecular weight is 534 g/mol. The van der Waals surface area contributed by atoms with Crippen LogP contribution in [-0.4, -0.2) is 30.5 Å². The zero-order valence-electron chi connectivity index (χ0n) is 19.0. The molecule has 1 aliphatic rings. The molecule has 3 aromatic carbocycles. The lowest BCUT2D eigenvalue weighted by Crippen LogP contribution is -2.29. The number of anilines is 1. The molecule has 4 rings (SSSR count). The Kier molecular flexibility index (Phi) is 7.19. The Morgan fingerprint density at radius 1 is 1.03 bits per heavy atom. The van der Waals surface area contributed by atoms with Crippen molar-refractivity contribution in [3.8, 4) is 11.5 Å². The molecule has 0 aromatic heterocycles. The summed E-state index contributed by atoms with van der Waals surface area (Å²) in [7, 11) is 1.37. The topological polar surface area (TPSA) is 76.1 Å². The Bertz CT molecular complexity index is 1390. The minimum absolute atomic E-state index is 0.0556. The second kappa shape index (κ2) is 10.2. The van der Waals surface area contributed by atoms with Gasteiger partial charge in [-0.2, -0.15) is 0 Å². The summed E-state index contributed by atoms with van der Waals surface area (Å²) < 4.78 is 38.4. The van der Waals surface area contributed by atoms with Gasteiger partial charge in [0.15, 0.2) is 17.4 Å². The molecular formula is C26H19Cl2F2NO5. The van der Waals surface area contributed by atoms with Crippen molar-refractivity contribution in [1.29, 1.82) is 0 Å². The number of methoxy groups -OCH3 is 1. The van der Waals surface area contributed by atoms with Gasteiger partial charge in [-0.25, -0.2) is 8.78 Å². The fraction of sp³-hybridized carbons (Fsp3) is 0.154. The number of carbonyl (C=O) groups excluding carboxylic acids is 2. The number of hydrogen-bond donors (Lipinski definition) is 1. The Morgan fingerprint density at radius 3 is 2.33 bits per heavy atom. The molecule has 0 saturated carbocycles. The number of benzene rings is 3. The van der Waals surface area contributed by atoms with Gasteiger partial charge in [0.25, 0.3) is 11.7 Å². The van der Waals surface area contributed by atoms with E-state index in [1.54, 1.807) is 31.2 Å². The lowest BCUT2D eigenvalue weighted by atomic mass is 9.95. The lowest BCUT2D eigenvalue weighted by Gasteiger charge is -2.26. The van der Waals surface area contributed by atoms with Gasteiger partial charge in [0.05, 0.1) is 35.4 Å². The van der Waals surface area contributed by atoms with E-state index in [1.165, 1.54) is 25.3 Å². The van der Waals surface area contributed by atoms with Crippen molar-refractivity contribution in [2.24, 2.45) is 0 Å². The molecule has 1 amide bonds. The van der Waals surface area contributed by atoms with Crippen molar-refractivity contribution in [2.75, 3.05) is 18.6 Å². The zero-order chi connectivity index (χ0) is 26.1. The molecule has 1 heterocycles. The van der Waals surface area contributed by atoms with Crippen LogP contribution in [0.5, 0.6) is 11.5 Å². The highest BCUT2D eigenvalue weighted by atomic mass is 35.5. The summed E-state index contributed by atoms with van der Waals surface area (Å²) in [5, 5.41) is 11.4. The van der Waals surface area contributed by atoms with Crippen molar-refractivity contribution in [1.82, 2.24) is 0 Å². The summed E-state index contributed by atoms with van der Waals surface area (Å²) in [5.74, 6) is -4.35.